The van der Waals surface area contributed by atoms with E-state index in [9.17, 15) is 4.79 Å². The third-order valence-electron chi connectivity index (χ3n) is 4.85. The van der Waals surface area contributed by atoms with Crippen LogP contribution < -0.4 is 15.0 Å². The predicted molar refractivity (Wildman–Crippen MR) is 127 cm³/mol. The van der Waals surface area contributed by atoms with E-state index in [1.165, 1.54) is 0 Å². The number of carbonyl (C=O) groups excluding carboxylic acids is 1. The van der Waals surface area contributed by atoms with Gasteiger partial charge >= 0.3 is 0 Å². The molecule has 3 aromatic rings. The zero-order valence-electron chi connectivity index (χ0n) is 18.6. The zero-order valence-corrected chi connectivity index (χ0v) is 18.6. The van der Waals surface area contributed by atoms with Crippen LogP contribution in [-0.2, 0) is 6.54 Å². The first-order valence-corrected chi connectivity index (χ1v) is 10.3. The Bertz CT molecular complexity index is 1040. The second-order valence-corrected chi connectivity index (χ2v) is 7.53. The molecule has 1 amide bonds. The van der Waals surface area contributed by atoms with Gasteiger partial charge in [-0.2, -0.15) is 0 Å². The van der Waals surface area contributed by atoms with E-state index >= 15 is 0 Å². The number of benzene rings is 2. The van der Waals surface area contributed by atoms with Crippen LogP contribution in [0, 0.1) is 6.92 Å². The molecule has 3 rings (SSSR count). The summed E-state index contributed by atoms with van der Waals surface area (Å²) in [6, 6.07) is 19.5. The summed E-state index contributed by atoms with van der Waals surface area (Å²) in [5.74, 6) is 0.683. The van der Waals surface area contributed by atoms with Crippen molar-refractivity contribution >= 4 is 11.6 Å². The maximum Gasteiger partial charge on any atom is 0.251 e. The fourth-order valence-corrected chi connectivity index (χ4v) is 3.11. The first-order valence-electron chi connectivity index (χ1n) is 10.3. The topological polar surface area (TPSA) is 54.5 Å². The van der Waals surface area contributed by atoms with Gasteiger partial charge in [0.2, 0.25) is 0 Å². The fraction of sp³-hybridized carbons (Fsp3) is 0.231. The third-order valence-corrected chi connectivity index (χ3v) is 4.85. The van der Waals surface area contributed by atoms with Gasteiger partial charge in [-0.15, -0.1) is 0 Å². The molecule has 0 saturated heterocycles. The Labute approximate surface area is 184 Å². The highest BCUT2D eigenvalue weighted by Gasteiger charge is 2.10. The van der Waals surface area contributed by atoms with Crippen LogP contribution in [0.5, 0.6) is 5.75 Å². The molecule has 0 fully saturated rings. The Kier molecular flexibility index (Phi) is 7.44. The van der Waals surface area contributed by atoms with Gasteiger partial charge in [0.25, 0.3) is 5.91 Å². The summed E-state index contributed by atoms with van der Waals surface area (Å²) in [6.45, 7) is 4.88. The van der Waals surface area contributed by atoms with Crippen LogP contribution in [0.15, 0.2) is 72.8 Å². The Morgan fingerprint density at radius 2 is 1.77 bits per heavy atom. The first-order chi connectivity index (χ1) is 15.0. The van der Waals surface area contributed by atoms with Crippen molar-refractivity contribution in [3.05, 3.63) is 89.6 Å². The molecule has 1 aromatic heterocycles. The molecule has 0 spiro atoms. The lowest BCUT2D eigenvalue weighted by molar-refractivity contribution is 0.0950. The summed E-state index contributed by atoms with van der Waals surface area (Å²) < 4.78 is 5.64. The van der Waals surface area contributed by atoms with Gasteiger partial charge in [0.05, 0.1) is 5.69 Å². The molecule has 5 nitrogen and oxygen atoms in total. The van der Waals surface area contributed by atoms with E-state index in [4.69, 9.17) is 4.74 Å². The van der Waals surface area contributed by atoms with Crippen molar-refractivity contribution in [2.75, 3.05) is 25.6 Å². The normalized spacial score (nSPS) is 10.8. The van der Waals surface area contributed by atoms with E-state index < -0.39 is 0 Å². The molecule has 1 heterocycles. The molecule has 0 atom stereocenters. The highest BCUT2D eigenvalue weighted by Crippen LogP contribution is 2.22. The quantitative estimate of drug-likeness (QED) is 0.526. The van der Waals surface area contributed by atoms with Crippen LogP contribution in [0.3, 0.4) is 0 Å². The number of aryl methyl sites for hydroxylation is 1. The SMILES string of the molecule is CC=CCOc1ccc(-c2cc(C(=O)NCc3ccc(N(C)C)cc3)cc(C)n2)cc1. The third kappa shape index (κ3) is 6.19. The number of nitrogens with zero attached hydrogens (tertiary/aromatic N) is 2. The van der Waals surface area contributed by atoms with Crippen molar-refractivity contribution in [2.24, 2.45) is 0 Å². The van der Waals surface area contributed by atoms with Gasteiger partial charge in [-0.25, -0.2) is 0 Å². The maximum atomic E-state index is 12.8. The van der Waals surface area contributed by atoms with E-state index in [0.717, 1.165) is 34.0 Å². The van der Waals surface area contributed by atoms with E-state index in [-0.39, 0.29) is 5.91 Å². The molecule has 2 aromatic carbocycles. The highest BCUT2D eigenvalue weighted by molar-refractivity contribution is 5.95. The Morgan fingerprint density at radius 1 is 1.06 bits per heavy atom. The number of allylic oxidation sites excluding steroid dienone is 1. The number of ether oxygens (including phenoxy) is 1. The standard InChI is InChI=1S/C26H29N3O2/c1-5-6-15-31-24-13-9-21(10-14-24)25-17-22(16-19(2)28-25)26(30)27-18-20-7-11-23(12-8-20)29(3)4/h5-14,16-17H,15,18H2,1-4H3,(H,27,30). The van der Waals surface area contributed by atoms with Crippen molar-refractivity contribution in [1.82, 2.24) is 10.3 Å². The number of hydrogen-bond donors (Lipinski definition) is 1. The fourth-order valence-electron chi connectivity index (χ4n) is 3.11. The van der Waals surface area contributed by atoms with Crippen LogP contribution in [0.25, 0.3) is 11.3 Å². The molecule has 5 heteroatoms. The van der Waals surface area contributed by atoms with Crippen molar-refractivity contribution in [2.45, 2.75) is 20.4 Å². The van der Waals surface area contributed by atoms with Gasteiger partial charge in [-0.1, -0.05) is 24.3 Å². The number of anilines is 1. The van der Waals surface area contributed by atoms with E-state index in [2.05, 4.69) is 10.3 Å². The number of aromatic nitrogens is 1. The van der Waals surface area contributed by atoms with Gasteiger partial charge in [-0.3, -0.25) is 9.78 Å². The monoisotopic (exact) mass is 415 g/mol. The van der Waals surface area contributed by atoms with Gasteiger partial charge in [0.15, 0.2) is 0 Å². The van der Waals surface area contributed by atoms with Gasteiger partial charge in [0.1, 0.15) is 12.4 Å². The van der Waals surface area contributed by atoms with Crippen LogP contribution in [0.4, 0.5) is 5.69 Å². The zero-order chi connectivity index (χ0) is 22.2. The Hall–Kier alpha value is -3.60. The van der Waals surface area contributed by atoms with E-state index in [1.807, 2.05) is 106 Å². The minimum Gasteiger partial charge on any atom is -0.490 e. The van der Waals surface area contributed by atoms with Crippen molar-refractivity contribution < 1.29 is 9.53 Å². The van der Waals surface area contributed by atoms with Crippen molar-refractivity contribution in [3.63, 3.8) is 0 Å². The Balaban J connectivity index is 1.69. The second-order valence-electron chi connectivity index (χ2n) is 7.53. The highest BCUT2D eigenvalue weighted by atomic mass is 16.5. The van der Waals surface area contributed by atoms with Gasteiger partial charge in [0, 0.05) is 43.1 Å². The van der Waals surface area contributed by atoms with Gasteiger partial charge in [-0.05, 0) is 67.9 Å². The largest absolute Gasteiger partial charge is 0.490 e. The van der Waals surface area contributed by atoms with Crippen LogP contribution >= 0.6 is 0 Å². The molecule has 0 unspecified atom stereocenters. The smallest absolute Gasteiger partial charge is 0.251 e. The molecular weight excluding hydrogens is 386 g/mol. The molecule has 0 saturated carbocycles. The summed E-state index contributed by atoms with van der Waals surface area (Å²) in [7, 11) is 4.01. The number of pyridine rings is 1. The summed E-state index contributed by atoms with van der Waals surface area (Å²) in [4.78, 5) is 19.4. The number of nitrogens with one attached hydrogen (secondary N) is 1. The van der Waals surface area contributed by atoms with Crippen LogP contribution in [-0.4, -0.2) is 31.6 Å². The average Bonchev–Trinajstić information content (AvgIpc) is 2.78. The summed E-state index contributed by atoms with van der Waals surface area (Å²) in [6.07, 6.45) is 3.91. The lowest BCUT2D eigenvalue weighted by atomic mass is 10.1. The van der Waals surface area contributed by atoms with Gasteiger partial charge < -0.3 is 15.0 Å². The molecule has 0 aliphatic heterocycles. The van der Waals surface area contributed by atoms with E-state index in [0.29, 0.717) is 18.7 Å². The summed E-state index contributed by atoms with van der Waals surface area (Å²) in [5.41, 5.74) is 5.28. The minimum absolute atomic E-state index is 0.116. The molecule has 160 valence electrons. The maximum absolute atomic E-state index is 12.8. The lowest BCUT2D eigenvalue weighted by Crippen LogP contribution is -2.23. The molecule has 0 bridgehead atoms. The van der Waals surface area contributed by atoms with Crippen molar-refractivity contribution in [3.8, 4) is 17.0 Å². The molecule has 0 aliphatic rings. The molecule has 1 N–H and O–H groups in total. The molecule has 0 aliphatic carbocycles. The number of hydrogen-bond acceptors (Lipinski definition) is 4. The average molecular weight is 416 g/mol. The first kappa shape index (κ1) is 22.1. The predicted octanol–water partition coefficient (Wildman–Crippen LogP) is 5.01. The Morgan fingerprint density at radius 3 is 2.42 bits per heavy atom. The molecule has 0 radical (unpaired) electrons. The minimum atomic E-state index is -0.116. The van der Waals surface area contributed by atoms with Crippen LogP contribution in [0.2, 0.25) is 0 Å². The second kappa shape index (κ2) is 10.4. The summed E-state index contributed by atoms with van der Waals surface area (Å²) >= 11 is 0. The summed E-state index contributed by atoms with van der Waals surface area (Å²) in [5, 5.41) is 3.00. The van der Waals surface area contributed by atoms with Crippen molar-refractivity contribution in [1.29, 1.82) is 0 Å². The lowest BCUT2D eigenvalue weighted by Gasteiger charge is -2.13. The van der Waals surface area contributed by atoms with Crippen LogP contribution in [0.1, 0.15) is 28.5 Å². The number of carbonyl (C=O) groups is 1. The number of rotatable bonds is 8. The molecule has 31 heavy (non-hydrogen) atoms. The number of amides is 1. The van der Waals surface area contributed by atoms with E-state index in [1.54, 1.807) is 0 Å². The molecular formula is C26H29N3O2.